The molecule has 0 saturated carbocycles. The van der Waals surface area contributed by atoms with E-state index in [0.717, 1.165) is 30.0 Å². The summed E-state index contributed by atoms with van der Waals surface area (Å²) >= 11 is 0.914. The maximum atomic E-state index is 13.6. The van der Waals surface area contributed by atoms with Gasteiger partial charge in [0.2, 0.25) is 0 Å². The van der Waals surface area contributed by atoms with Gasteiger partial charge in [0.15, 0.2) is 0 Å². The van der Waals surface area contributed by atoms with E-state index in [9.17, 15) is 13.6 Å². The van der Waals surface area contributed by atoms with Gasteiger partial charge >= 0.3 is 5.97 Å². The minimum absolute atomic E-state index is 0.0665. The van der Waals surface area contributed by atoms with Crippen LogP contribution in [0.5, 0.6) is 0 Å². The zero-order valence-electron chi connectivity index (χ0n) is 9.98. The zero-order valence-corrected chi connectivity index (χ0v) is 10.8. The molecule has 0 bridgehead atoms. The van der Waals surface area contributed by atoms with Crippen LogP contribution in [0, 0.1) is 18.6 Å². The predicted octanol–water partition coefficient (Wildman–Crippen LogP) is 4.12. The van der Waals surface area contributed by atoms with E-state index in [1.54, 1.807) is 19.1 Å². The number of hydrogen-bond donors (Lipinski definition) is 1. The quantitative estimate of drug-likeness (QED) is 0.918. The largest absolute Gasteiger partial charge is 0.478 e. The van der Waals surface area contributed by atoms with Gasteiger partial charge in [-0.1, -0.05) is 23.9 Å². The molecule has 2 nitrogen and oxygen atoms in total. The van der Waals surface area contributed by atoms with Crippen LogP contribution in [-0.2, 0) is 0 Å². The number of carbonyl (C=O) groups is 1. The average Bonchev–Trinajstić information content (AvgIpc) is 2.35. The molecule has 2 rings (SSSR count). The van der Waals surface area contributed by atoms with Crippen molar-refractivity contribution in [1.29, 1.82) is 0 Å². The third-order valence-electron chi connectivity index (χ3n) is 2.55. The number of rotatable bonds is 3. The zero-order chi connectivity index (χ0) is 14.0. The highest BCUT2D eigenvalue weighted by Gasteiger charge is 2.15. The fourth-order valence-electron chi connectivity index (χ4n) is 1.62. The highest BCUT2D eigenvalue weighted by Crippen LogP contribution is 2.35. The number of carboxylic acid groups (broad SMARTS) is 1. The third-order valence-corrected chi connectivity index (χ3v) is 3.83. The standard InChI is InChI=1S/C14H10F2O2S/c1-8-3-2-4-10(14(17)18)13(8)19-12-7-9(15)5-6-11(12)16/h2-7H,1H3,(H,17,18). The van der Waals surface area contributed by atoms with Crippen molar-refractivity contribution < 1.29 is 18.7 Å². The van der Waals surface area contributed by atoms with Gasteiger partial charge in [-0.3, -0.25) is 0 Å². The first-order valence-corrected chi connectivity index (χ1v) is 6.26. The molecule has 0 atom stereocenters. The van der Waals surface area contributed by atoms with E-state index in [4.69, 9.17) is 5.11 Å². The van der Waals surface area contributed by atoms with Crippen LogP contribution in [0.2, 0.25) is 0 Å². The summed E-state index contributed by atoms with van der Waals surface area (Å²) in [6.45, 7) is 1.73. The van der Waals surface area contributed by atoms with Crippen molar-refractivity contribution in [3.05, 3.63) is 59.2 Å². The molecule has 0 heterocycles. The summed E-state index contributed by atoms with van der Waals surface area (Å²) in [5, 5.41) is 9.11. The molecular formula is C14H10F2O2S. The van der Waals surface area contributed by atoms with E-state index in [1.165, 1.54) is 6.07 Å². The van der Waals surface area contributed by atoms with Gasteiger partial charge in [0.1, 0.15) is 11.6 Å². The lowest BCUT2D eigenvalue weighted by atomic mass is 10.1. The summed E-state index contributed by atoms with van der Waals surface area (Å²) in [5.41, 5.74) is 0.780. The van der Waals surface area contributed by atoms with E-state index in [1.807, 2.05) is 0 Å². The van der Waals surface area contributed by atoms with Crippen LogP contribution in [0.15, 0.2) is 46.2 Å². The molecule has 2 aromatic carbocycles. The van der Waals surface area contributed by atoms with Crippen LogP contribution in [0.1, 0.15) is 15.9 Å². The Morgan fingerprint density at radius 2 is 1.95 bits per heavy atom. The molecule has 2 aromatic rings. The second-order valence-electron chi connectivity index (χ2n) is 3.93. The molecule has 0 aromatic heterocycles. The van der Waals surface area contributed by atoms with Crippen molar-refractivity contribution >= 4 is 17.7 Å². The Labute approximate surface area is 113 Å². The van der Waals surface area contributed by atoms with E-state index in [0.29, 0.717) is 10.5 Å². The Hall–Kier alpha value is -1.88. The van der Waals surface area contributed by atoms with E-state index in [2.05, 4.69) is 0 Å². The number of aromatic carboxylic acids is 1. The Bertz CT molecular complexity index is 641. The topological polar surface area (TPSA) is 37.3 Å². The fraction of sp³-hybridized carbons (Fsp3) is 0.0714. The van der Waals surface area contributed by atoms with E-state index >= 15 is 0 Å². The van der Waals surface area contributed by atoms with E-state index in [-0.39, 0.29) is 10.5 Å². The lowest BCUT2D eigenvalue weighted by molar-refractivity contribution is 0.0693. The van der Waals surface area contributed by atoms with Crippen molar-refractivity contribution in [2.24, 2.45) is 0 Å². The highest BCUT2D eigenvalue weighted by atomic mass is 32.2. The summed E-state index contributed by atoms with van der Waals surface area (Å²) < 4.78 is 26.7. The molecule has 0 radical (unpaired) electrons. The first-order chi connectivity index (χ1) is 8.99. The van der Waals surface area contributed by atoms with Crippen LogP contribution < -0.4 is 0 Å². The van der Waals surface area contributed by atoms with Crippen molar-refractivity contribution in [2.45, 2.75) is 16.7 Å². The number of benzene rings is 2. The molecule has 98 valence electrons. The maximum Gasteiger partial charge on any atom is 0.336 e. The monoisotopic (exact) mass is 280 g/mol. The predicted molar refractivity (Wildman–Crippen MR) is 68.6 cm³/mol. The van der Waals surface area contributed by atoms with Gasteiger partial charge in [0, 0.05) is 4.90 Å². The molecule has 0 unspecified atom stereocenters. The van der Waals surface area contributed by atoms with Crippen LogP contribution in [-0.4, -0.2) is 11.1 Å². The summed E-state index contributed by atoms with van der Waals surface area (Å²) in [6.07, 6.45) is 0. The van der Waals surface area contributed by atoms with Crippen LogP contribution in [0.4, 0.5) is 8.78 Å². The van der Waals surface area contributed by atoms with Crippen molar-refractivity contribution in [1.82, 2.24) is 0 Å². The SMILES string of the molecule is Cc1cccc(C(=O)O)c1Sc1cc(F)ccc1F. The summed E-state index contributed by atoms with van der Waals surface area (Å²) in [7, 11) is 0. The van der Waals surface area contributed by atoms with Crippen LogP contribution in [0.3, 0.4) is 0 Å². The lowest BCUT2D eigenvalue weighted by Gasteiger charge is -2.09. The molecule has 19 heavy (non-hydrogen) atoms. The van der Waals surface area contributed by atoms with Crippen LogP contribution >= 0.6 is 11.8 Å². The van der Waals surface area contributed by atoms with Gasteiger partial charge in [-0.25, -0.2) is 13.6 Å². The Morgan fingerprint density at radius 1 is 1.21 bits per heavy atom. The number of carboxylic acids is 1. The van der Waals surface area contributed by atoms with Gasteiger partial charge < -0.3 is 5.11 Å². The minimum atomic E-state index is -1.09. The second-order valence-corrected chi connectivity index (χ2v) is 4.99. The van der Waals surface area contributed by atoms with Crippen molar-refractivity contribution in [2.75, 3.05) is 0 Å². The minimum Gasteiger partial charge on any atom is -0.478 e. The Kier molecular flexibility index (Phi) is 3.85. The first kappa shape index (κ1) is 13.5. The van der Waals surface area contributed by atoms with Crippen molar-refractivity contribution in [3.8, 4) is 0 Å². The second kappa shape index (κ2) is 5.40. The maximum absolute atomic E-state index is 13.6. The normalized spacial score (nSPS) is 10.5. The van der Waals surface area contributed by atoms with Crippen LogP contribution in [0.25, 0.3) is 0 Å². The fourth-order valence-corrected chi connectivity index (χ4v) is 2.67. The third kappa shape index (κ3) is 2.93. The molecule has 5 heteroatoms. The van der Waals surface area contributed by atoms with Crippen molar-refractivity contribution in [3.63, 3.8) is 0 Å². The summed E-state index contributed by atoms with van der Waals surface area (Å²) in [4.78, 5) is 11.6. The first-order valence-electron chi connectivity index (χ1n) is 5.45. The van der Waals surface area contributed by atoms with Gasteiger partial charge in [0.05, 0.1) is 10.5 Å². The Balaban J connectivity index is 2.49. The highest BCUT2D eigenvalue weighted by molar-refractivity contribution is 7.99. The number of hydrogen-bond acceptors (Lipinski definition) is 2. The summed E-state index contributed by atoms with van der Waals surface area (Å²) in [5.74, 6) is -2.23. The molecule has 0 amide bonds. The molecule has 1 N–H and O–H groups in total. The van der Waals surface area contributed by atoms with E-state index < -0.39 is 17.6 Å². The molecule has 0 fully saturated rings. The number of aryl methyl sites for hydroxylation is 1. The molecule has 0 aliphatic heterocycles. The molecular weight excluding hydrogens is 270 g/mol. The summed E-state index contributed by atoms with van der Waals surface area (Å²) in [6, 6.07) is 7.88. The van der Waals surface area contributed by atoms with Gasteiger partial charge in [-0.2, -0.15) is 0 Å². The molecule has 0 spiro atoms. The molecule has 0 saturated heterocycles. The van der Waals surface area contributed by atoms with Gasteiger partial charge in [-0.05, 0) is 36.8 Å². The molecule has 0 aliphatic carbocycles. The van der Waals surface area contributed by atoms with Gasteiger partial charge in [0.25, 0.3) is 0 Å². The molecule has 0 aliphatic rings. The smallest absolute Gasteiger partial charge is 0.336 e. The lowest BCUT2D eigenvalue weighted by Crippen LogP contribution is -2.00. The van der Waals surface area contributed by atoms with Gasteiger partial charge in [-0.15, -0.1) is 0 Å². The average molecular weight is 280 g/mol. The number of halogens is 2. The Morgan fingerprint density at radius 3 is 2.63 bits per heavy atom.